The highest BCUT2D eigenvalue weighted by atomic mass is 16.5. The quantitative estimate of drug-likeness (QED) is 0.770. The van der Waals surface area contributed by atoms with Gasteiger partial charge < -0.3 is 14.4 Å². The first-order valence-electron chi connectivity index (χ1n) is 4.68. The highest BCUT2D eigenvalue weighted by Gasteiger charge is 2.21. The molecule has 2 atom stereocenters. The number of methoxy groups -OCH3 is 1. The van der Waals surface area contributed by atoms with Gasteiger partial charge in [0, 0.05) is 7.11 Å². The minimum atomic E-state index is -0.476. The molecule has 0 fully saturated rings. The summed E-state index contributed by atoms with van der Waals surface area (Å²) in [5.41, 5.74) is 0. The third-order valence-corrected chi connectivity index (χ3v) is 2.10. The van der Waals surface area contributed by atoms with E-state index in [4.69, 9.17) is 9.26 Å². The normalized spacial score (nSPS) is 15.4. The summed E-state index contributed by atoms with van der Waals surface area (Å²) < 4.78 is 9.90. The summed E-state index contributed by atoms with van der Waals surface area (Å²) in [5, 5.41) is 13.2. The lowest BCUT2D eigenvalue weighted by Gasteiger charge is -2.12. The Balaban J connectivity index is 2.73. The van der Waals surface area contributed by atoms with E-state index in [1.54, 1.807) is 14.0 Å². The highest BCUT2D eigenvalue weighted by molar-refractivity contribution is 4.95. The average Bonchev–Trinajstić information content (AvgIpc) is 2.54. The molecule has 14 heavy (non-hydrogen) atoms. The molecular formula is C9H16N2O3. The second-order valence-electron chi connectivity index (χ2n) is 3.24. The Bertz CT molecular complexity index is 273. The third-order valence-electron chi connectivity index (χ3n) is 2.10. The monoisotopic (exact) mass is 200 g/mol. The van der Waals surface area contributed by atoms with Crippen LogP contribution >= 0.6 is 0 Å². The minimum Gasteiger partial charge on any atom is -0.393 e. The van der Waals surface area contributed by atoms with E-state index in [9.17, 15) is 5.11 Å². The van der Waals surface area contributed by atoms with Crippen molar-refractivity contribution in [1.82, 2.24) is 10.1 Å². The summed E-state index contributed by atoms with van der Waals surface area (Å²) in [6.45, 7) is 4.02. The molecule has 1 heterocycles. The fraction of sp³-hybridized carbons (Fsp3) is 0.778. The zero-order chi connectivity index (χ0) is 10.6. The summed E-state index contributed by atoms with van der Waals surface area (Å²) in [6.07, 6.45) is 0.294. The van der Waals surface area contributed by atoms with Crippen LogP contribution in [0.15, 0.2) is 4.52 Å². The molecule has 1 N–H and O–H groups in total. The third kappa shape index (κ3) is 2.52. The molecule has 0 spiro atoms. The summed E-state index contributed by atoms with van der Waals surface area (Å²) in [5.74, 6) is 0.907. The predicted octanol–water partition coefficient (Wildman–Crippen LogP) is 1.09. The topological polar surface area (TPSA) is 68.4 Å². The van der Waals surface area contributed by atoms with Crippen LogP contribution in [0.4, 0.5) is 0 Å². The number of nitrogens with zero attached hydrogens (tertiary/aromatic N) is 2. The van der Waals surface area contributed by atoms with E-state index in [0.717, 1.165) is 6.42 Å². The van der Waals surface area contributed by atoms with Gasteiger partial charge in [-0.3, -0.25) is 0 Å². The average molecular weight is 200 g/mol. The maximum atomic E-state index is 9.45. The van der Waals surface area contributed by atoms with Crippen molar-refractivity contribution in [2.75, 3.05) is 7.11 Å². The van der Waals surface area contributed by atoms with Gasteiger partial charge in [-0.1, -0.05) is 12.1 Å². The highest BCUT2D eigenvalue weighted by Crippen LogP contribution is 2.21. The fourth-order valence-electron chi connectivity index (χ4n) is 1.33. The molecule has 1 aromatic rings. The molecule has 2 unspecified atom stereocenters. The largest absolute Gasteiger partial charge is 0.393 e. The van der Waals surface area contributed by atoms with Crippen LogP contribution in [0.5, 0.6) is 0 Å². The molecule has 0 saturated carbocycles. The summed E-state index contributed by atoms with van der Waals surface area (Å²) in [4.78, 5) is 4.13. The Morgan fingerprint density at radius 3 is 2.79 bits per heavy atom. The van der Waals surface area contributed by atoms with Crippen LogP contribution in [-0.4, -0.2) is 28.5 Å². The van der Waals surface area contributed by atoms with Crippen LogP contribution < -0.4 is 0 Å². The van der Waals surface area contributed by atoms with Gasteiger partial charge in [-0.15, -0.1) is 0 Å². The Morgan fingerprint density at radius 2 is 2.29 bits per heavy atom. The molecule has 1 aromatic heterocycles. The van der Waals surface area contributed by atoms with Gasteiger partial charge in [0.25, 0.3) is 0 Å². The van der Waals surface area contributed by atoms with Crippen LogP contribution in [0.2, 0.25) is 0 Å². The number of aliphatic hydroxyl groups is 1. The van der Waals surface area contributed by atoms with E-state index in [1.807, 2.05) is 6.92 Å². The smallest absolute Gasteiger partial charge is 0.232 e. The Kier molecular flexibility index (Phi) is 4.03. The van der Waals surface area contributed by atoms with E-state index in [0.29, 0.717) is 18.3 Å². The summed E-state index contributed by atoms with van der Waals surface area (Å²) >= 11 is 0. The number of aromatic nitrogens is 2. The molecule has 0 aliphatic rings. The van der Waals surface area contributed by atoms with Crippen molar-refractivity contribution in [2.24, 2.45) is 0 Å². The van der Waals surface area contributed by atoms with Crippen molar-refractivity contribution in [3.05, 3.63) is 11.7 Å². The molecule has 0 aliphatic carbocycles. The minimum absolute atomic E-state index is 0.0897. The second kappa shape index (κ2) is 5.07. The van der Waals surface area contributed by atoms with Crippen molar-refractivity contribution >= 4 is 0 Å². The van der Waals surface area contributed by atoms with Crippen molar-refractivity contribution in [1.29, 1.82) is 0 Å². The van der Waals surface area contributed by atoms with Crippen LogP contribution in [0.25, 0.3) is 0 Å². The lowest BCUT2D eigenvalue weighted by Crippen LogP contribution is -2.14. The SMILES string of the molecule is CCC(c1nc(COC)no1)C(C)O. The maximum absolute atomic E-state index is 9.45. The van der Waals surface area contributed by atoms with Gasteiger partial charge in [-0.05, 0) is 13.3 Å². The first-order chi connectivity index (χ1) is 6.69. The molecule has 5 nitrogen and oxygen atoms in total. The molecule has 0 aliphatic heterocycles. The van der Waals surface area contributed by atoms with Gasteiger partial charge in [0.2, 0.25) is 5.89 Å². The Hall–Kier alpha value is -0.940. The Morgan fingerprint density at radius 1 is 1.57 bits per heavy atom. The Labute approximate surface area is 83.1 Å². The molecular weight excluding hydrogens is 184 g/mol. The predicted molar refractivity (Wildman–Crippen MR) is 49.7 cm³/mol. The van der Waals surface area contributed by atoms with Crippen molar-refractivity contribution in [2.45, 2.75) is 38.9 Å². The lowest BCUT2D eigenvalue weighted by molar-refractivity contribution is 0.141. The van der Waals surface area contributed by atoms with E-state index >= 15 is 0 Å². The summed E-state index contributed by atoms with van der Waals surface area (Å²) in [7, 11) is 1.57. The number of aliphatic hydroxyl groups excluding tert-OH is 1. The van der Waals surface area contributed by atoms with E-state index in [2.05, 4.69) is 10.1 Å². The second-order valence-corrected chi connectivity index (χ2v) is 3.24. The van der Waals surface area contributed by atoms with Crippen LogP contribution in [0.1, 0.15) is 37.9 Å². The van der Waals surface area contributed by atoms with Gasteiger partial charge in [0.15, 0.2) is 5.82 Å². The van der Waals surface area contributed by atoms with Crippen molar-refractivity contribution in [3.8, 4) is 0 Å². The van der Waals surface area contributed by atoms with Crippen LogP contribution in [-0.2, 0) is 11.3 Å². The molecule has 5 heteroatoms. The molecule has 0 radical (unpaired) electrons. The fourth-order valence-corrected chi connectivity index (χ4v) is 1.33. The molecule has 0 amide bonds. The zero-order valence-corrected chi connectivity index (χ0v) is 8.73. The van der Waals surface area contributed by atoms with E-state index in [-0.39, 0.29) is 5.92 Å². The number of rotatable bonds is 5. The van der Waals surface area contributed by atoms with E-state index in [1.165, 1.54) is 0 Å². The summed E-state index contributed by atoms with van der Waals surface area (Å²) in [6, 6.07) is 0. The van der Waals surface area contributed by atoms with Crippen LogP contribution in [0, 0.1) is 0 Å². The molecule has 1 rings (SSSR count). The van der Waals surface area contributed by atoms with Gasteiger partial charge >= 0.3 is 0 Å². The van der Waals surface area contributed by atoms with E-state index < -0.39 is 6.10 Å². The number of hydrogen-bond donors (Lipinski definition) is 1. The first-order valence-corrected chi connectivity index (χ1v) is 4.68. The zero-order valence-electron chi connectivity index (χ0n) is 8.73. The van der Waals surface area contributed by atoms with Crippen molar-refractivity contribution < 1.29 is 14.4 Å². The van der Waals surface area contributed by atoms with Gasteiger partial charge in [0.05, 0.1) is 12.0 Å². The number of ether oxygens (including phenoxy) is 1. The number of hydrogen-bond acceptors (Lipinski definition) is 5. The molecule has 0 saturated heterocycles. The first kappa shape index (κ1) is 11.1. The molecule has 0 bridgehead atoms. The molecule has 80 valence electrons. The standard InChI is InChI=1S/C9H16N2O3/c1-4-7(6(2)12)9-10-8(5-13-3)11-14-9/h6-7,12H,4-5H2,1-3H3. The lowest BCUT2D eigenvalue weighted by atomic mass is 10.0. The van der Waals surface area contributed by atoms with Gasteiger partial charge in [-0.25, -0.2) is 0 Å². The van der Waals surface area contributed by atoms with Crippen molar-refractivity contribution in [3.63, 3.8) is 0 Å². The maximum Gasteiger partial charge on any atom is 0.232 e. The van der Waals surface area contributed by atoms with Gasteiger partial charge in [-0.2, -0.15) is 4.98 Å². The van der Waals surface area contributed by atoms with Crippen LogP contribution in [0.3, 0.4) is 0 Å². The molecule has 0 aromatic carbocycles. The van der Waals surface area contributed by atoms with Gasteiger partial charge in [0.1, 0.15) is 6.61 Å².